The van der Waals surface area contributed by atoms with Gasteiger partial charge >= 0.3 is 0 Å². The Labute approximate surface area is 94.3 Å². The Morgan fingerprint density at radius 3 is 2.27 bits per heavy atom. The van der Waals surface area contributed by atoms with Crippen LogP contribution in [-0.2, 0) is 0 Å². The van der Waals surface area contributed by atoms with Crippen molar-refractivity contribution in [3.05, 3.63) is 0 Å². The highest BCUT2D eigenvalue weighted by atomic mass is 15.1. The minimum Gasteiger partial charge on any atom is -0.303 e. The number of likely N-dealkylation sites (tertiary alicyclic amines) is 1. The van der Waals surface area contributed by atoms with Crippen LogP contribution in [0.3, 0.4) is 0 Å². The van der Waals surface area contributed by atoms with Crippen molar-refractivity contribution in [1.29, 1.82) is 5.26 Å². The number of nitriles is 1. The number of nitrogens with zero attached hydrogens (tertiary/aromatic N) is 2. The molecule has 0 unspecified atom stereocenters. The third-order valence-corrected chi connectivity index (χ3v) is 3.21. The van der Waals surface area contributed by atoms with E-state index in [2.05, 4.69) is 11.0 Å². The van der Waals surface area contributed by atoms with Gasteiger partial charge < -0.3 is 4.90 Å². The first-order valence-corrected chi connectivity index (χ1v) is 6.53. The van der Waals surface area contributed by atoms with Gasteiger partial charge in [0.15, 0.2) is 0 Å². The van der Waals surface area contributed by atoms with E-state index in [-0.39, 0.29) is 0 Å². The fourth-order valence-electron chi connectivity index (χ4n) is 2.25. The standard InChI is InChI=1S/C13H24N2/c14-10-6-3-1-2-4-7-11-15-12-8-5-9-13-15/h1-9,11-13H2. The first kappa shape index (κ1) is 12.5. The van der Waals surface area contributed by atoms with Crippen LogP contribution in [0.1, 0.15) is 57.8 Å². The van der Waals surface area contributed by atoms with Crippen LogP contribution in [-0.4, -0.2) is 24.5 Å². The molecule has 1 aliphatic rings. The molecule has 0 bridgehead atoms. The van der Waals surface area contributed by atoms with Gasteiger partial charge in [-0.1, -0.05) is 25.7 Å². The molecular formula is C13H24N2. The van der Waals surface area contributed by atoms with Crippen molar-refractivity contribution >= 4 is 0 Å². The van der Waals surface area contributed by atoms with Gasteiger partial charge in [-0.15, -0.1) is 0 Å². The molecule has 1 rings (SSSR count). The molecule has 0 amide bonds. The Kier molecular flexibility index (Phi) is 7.29. The van der Waals surface area contributed by atoms with Gasteiger partial charge in [-0.2, -0.15) is 5.26 Å². The van der Waals surface area contributed by atoms with Crippen molar-refractivity contribution < 1.29 is 0 Å². The summed E-state index contributed by atoms with van der Waals surface area (Å²) in [5.74, 6) is 0. The van der Waals surface area contributed by atoms with Gasteiger partial charge in [0.1, 0.15) is 0 Å². The zero-order valence-electron chi connectivity index (χ0n) is 9.88. The van der Waals surface area contributed by atoms with Crippen LogP contribution in [0.4, 0.5) is 0 Å². The van der Waals surface area contributed by atoms with E-state index >= 15 is 0 Å². The smallest absolute Gasteiger partial charge is 0.0621 e. The minimum absolute atomic E-state index is 0.742. The third kappa shape index (κ3) is 6.52. The van der Waals surface area contributed by atoms with Gasteiger partial charge in [-0.05, 0) is 45.3 Å². The molecule has 15 heavy (non-hydrogen) atoms. The predicted molar refractivity (Wildman–Crippen MR) is 63.6 cm³/mol. The highest BCUT2D eigenvalue weighted by Crippen LogP contribution is 2.11. The van der Waals surface area contributed by atoms with Gasteiger partial charge in [-0.25, -0.2) is 0 Å². The van der Waals surface area contributed by atoms with Crippen LogP contribution < -0.4 is 0 Å². The van der Waals surface area contributed by atoms with Crippen LogP contribution in [0.15, 0.2) is 0 Å². The number of unbranched alkanes of at least 4 members (excludes halogenated alkanes) is 5. The normalized spacial score (nSPS) is 17.5. The van der Waals surface area contributed by atoms with Crippen LogP contribution in [0.5, 0.6) is 0 Å². The number of rotatable bonds is 7. The van der Waals surface area contributed by atoms with E-state index in [1.54, 1.807) is 0 Å². The topological polar surface area (TPSA) is 27.0 Å². The molecule has 0 atom stereocenters. The lowest BCUT2D eigenvalue weighted by molar-refractivity contribution is 0.224. The molecule has 0 saturated carbocycles. The lowest BCUT2D eigenvalue weighted by atomic mass is 10.1. The zero-order chi connectivity index (χ0) is 10.8. The second kappa shape index (κ2) is 8.73. The Balaban J connectivity index is 1.82. The Bertz CT molecular complexity index is 177. The summed E-state index contributed by atoms with van der Waals surface area (Å²) in [7, 11) is 0. The highest BCUT2D eigenvalue weighted by Gasteiger charge is 2.08. The molecule has 2 heteroatoms. The maximum Gasteiger partial charge on any atom is 0.0621 e. The summed E-state index contributed by atoms with van der Waals surface area (Å²) in [4.78, 5) is 2.61. The quantitative estimate of drug-likeness (QED) is 0.600. The number of piperidine rings is 1. The van der Waals surface area contributed by atoms with Gasteiger partial charge in [0.2, 0.25) is 0 Å². The van der Waals surface area contributed by atoms with Crippen molar-refractivity contribution in [2.45, 2.75) is 57.8 Å². The summed E-state index contributed by atoms with van der Waals surface area (Å²) in [5, 5.41) is 8.38. The van der Waals surface area contributed by atoms with Gasteiger partial charge in [-0.3, -0.25) is 0 Å². The highest BCUT2D eigenvalue weighted by molar-refractivity contribution is 4.68. The van der Waals surface area contributed by atoms with Crippen molar-refractivity contribution in [2.75, 3.05) is 19.6 Å². The average Bonchev–Trinajstić information content (AvgIpc) is 2.29. The van der Waals surface area contributed by atoms with E-state index in [1.807, 2.05) is 0 Å². The molecule has 1 aliphatic heterocycles. The van der Waals surface area contributed by atoms with Crippen molar-refractivity contribution in [3.63, 3.8) is 0 Å². The van der Waals surface area contributed by atoms with Crippen LogP contribution in [0.25, 0.3) is 0 Å². The minimum atomic E-state index is 0.742. The lowest BCUT2D eigenvalue weighted by Crippen LogP contribution is -2.30. The molecule has 86 valence electrons. The lowest BCUT2D eigenvalue weighted by Gasteiger charge is -2.26. The van der Waals surface area contributed by atoms with Crippen molar-refractivity contribution in [2.24, 2.45) is 0 Å². The predicted octanol–water partition coefficient (Wildman–Crippen LogP) is 3.34. The second-order valence-electron chi connectivity index (χ2n) is 4.58. The van der Waals surface area contributed by atoms with Gasteiger partial charge in [0.05, 0.1) is 6.07 Å². The number of hydrogen-bond donors (Lipinski definition) is 0. The summed E-state index contributed by atoms with van der Waals surface area (Å²) < 4.78 is 0. The molecule has 0 aliphatic carbocycles. The fourth-order valence-corrected chi connectivity index (χ4v) is 2.25. The number of hydrogen-bond acceptors (Lipinski definition) is 2. The maximum atomic E-state index is 8.38. The van der Waals surface area contributed by atoms with Crippen molar-refractivity contribution in [1.82, 2.24) is 4.90 Å². The zero-order valence-corrected chi connectivity index (χ0v) is 9.88. The molecule has 0 N–H and O–H groups in total. The summed E-state index contributed by atoms with van der Waals surface area (Å²) in [6, 6.07) is 2.20. The second-order valence-corrected chi connectivity index (χ2v) is 4.58. The van der Waals surface area contributed by atoms with Crippen LogP contribution in [0.2, 0.25) is 0 Å². The third-order valence-electron chi connectivity index (χ3n) is 3.21. The summed E-state index contributed by atoms with van der Waals surface area (Å²) >= 11 is 0. The van der Waals surface area contributed by atoms with Gasteiger partial charge in [0, 0.05) is 6.42 Å². The SMILES string of the molecule is N#CCCCCCCCN1CCCCC1. The van der Waals surface area contributed by atoms with E-state index in [9.17, 15) is 0 Å². The molecule has 0 aromatic rings. The van der Waals surface area contributed by atoms with Gasteiger partial charge in [0.25, 0.3) is 0 Å². The summed E-state index contributed by atoms with van der Waals surface area (Å²) in [6.45, 7) is 3.96. The Hall–Kier alpha value is -0.550. The van der Waals surface area contributed by atoms with E-state index in [0.29, 0.717) is 0 Å². The van der Waals surface area contributed by atoms with Crippen LogP contribution >= 0.6 is 0 Å². The largest absolute Gasteiger partial charge is 0.303 e. The van der Waals surface area contributed by atoms with Crippen molar-refractivity contribution in [3.8, 4) is 6.07 Å². The van der Waals surface area contributed by atoms with Crippen LogP contribution in [0, 0.1) is 11.3 Å². The molecule has 1 saturated heterocycles. The average molecular weight is 208 g/mol. The monoisotopic (exact) mass is 208 g/mol. The Morgan fingerprint density at radius 1 is 0.867 bits per heavy atom. The molecule has 0 spiro atoms. The first-order chi connectivity index (χ1) is 7.43. The maximum absolute atomic E-state index is 8.38. The molecule has 1 fully saturated rings. The molecule has 0 aromatic heterocycles. The van der Waals surface area contributed by atoms with E-state index < -0.39 is 0 Å². The molecule has 1 heterocycles. The molecule has 0 radical (unpaired) electrons. The fraction of sp³-hybridized carbons (Fsp3) is 0.923. The van der Waals surface area contributed by atoms with E-state index in [1.165, 1.54) is 64.6 Å². The Morgan fingerprint density at radius 2 is 1.53 bits per heavy atom. The molecule has 2 nitrogen and oxygen atoms in total. The molecule has 0 aromatic carbocycles. The molecular weight excluding hydrogens is 184 g/mol. The van der Waals surface area contributed by atoms with E-state index in [0.717, 1.165) is 12.8 Å². The first-order valence-electron chi connectivity index (χ1n) is 6.53. The summed E-state index contributed by atoms with van der Waals surface area (Å²) in [6.07, 6.45) is 11.3. The summed E-state index contributed by atoms with van der Waals surface area (Å²) in [5.41, 5.74) is 0. The van der Waals surface area contributed by atoms with E-state index in [4.69, 9.17) is 5.26 Å².